The van der Waals surface area contributed by atoms with E-state index in [-0.39, 0.29) is 35.0 Å². The summed E-state index contributed by atoms with van der Waals surface area (Å²) >= 11 is 0. The molecule has 2 saturated carbocycles. The summed E-state index contributed by atoms with van der Waals surface area (Å²) in [4.78, 5) is 123. The summed E-state index contributed by atoms with van der Waals surface area (Å²) in [5, 5.41) is 16.9. The van der Waals surface area contributed by atoms with Crippen molar-refractivity contribution in [3.8, 4) is 0 Å². The largest absolute Gasteiger partial charge is 0.455 e. The number of Topliss-reactive ketones (excluding diaryl/α,β-unsaturated/α-hetero) is 1. The Morgan fingerprint density at radius 3 is 1.97 bits per heavy atom. The zero-order chi connectivity index (χ0) is 52.3. The average molecular weight is 996 g/mol. The maximum absolute atomic E-state index is 16.2. The van der Waals surface area contributed by atoms with Crippen LogP contribution in [0.5, 0.6) is 0 Å². The Morgan fingerprint density at radius 1 is 0.819 bits per heavy atom. The molecule has 4 aliphatic rings. The predicted molar refractivity (Wildman–Crippen MR) is 248 cm³/mol. The Labute approximate surface area is 414 Å². The number of carbonyl (C=O) groups excluding carboxylic acids is 9. The first kappa shape index (κ1) is 52.9. The molecule has 0 aromatic heterocycles. The van der Waals surface area contributed by atoms with Gasteiger partial charge in [0.15, 0.2) is 23.8 Å². The highest BCUT2D eigenvalue weighted by Crippen LogP contribution is 2.65. The number of amides is 1. The second-order valence-corrected chi connectivity index (χ2v) is 19.1. The molecule has 19 heteroatoms. The van der Waals surface area contributed by atoms with Crippen LogP contribution in [0.15, 0.2) is 102 Å². The van der Waals surface area contributed by atoms with Gasteiger partial charge in [0, 0.05) is 44.6 Å². The number of aldehydes is 2. The number of ether oxygens (including phenoxy) is 8. The first-order valence-electron chi connectivity index (χ1n) is 23.3. The number of rotatable bonds is 17. The summed E-state index contributed by atoms with van der Waals surface area (Å²) < 4.78 is 48.4. The van der Waals surface area contributed by atoms with Gasteiger partial charge in [0.1, 0.15) is 42.8 Å². The highest BCUT2D eigenvalue weighted by Gasteiger charge is 2.79. The Bertz CT molecular complexity index is 2620. The molecular formula is C53H57NO18. The molecular weight excluding hydrogens is 939 g/mol. The molecule has 1 saturated heterocycles. The van der Waals surface area contributed by atoms with E-state index in [1.807, 2.05) is 0 Å². The van der Waals surface area contributed by atoms with Crippen LogP contribution in [0, 0.1) is 16.7 Å². The topological polar surface area (TPSA) is 260 Å². The normalized spacial score (nSPS) is 29.3. The number of aliphatic hydroxyl groups is 1. The van der Waals surface area contributed by atoms with Crippen LogP contribution in [-0.4, -0.2) is 127 Å². The first-order chi connectivity index (χ1) is 34.1. The van der Waals surface area contributed by atoms with E-state index < -0.39 is 138 Å². The van der Waals surface area contributed by atoms with Gasteiger partial charge < -0.3 is 53.1 Å². The summed E-state index contributed by atoms with van der Waals surface area (Å²) in [6, 6.07) is 22.5. The number of carbonyl (C=O) groups is 9. The highest BCUT2D eigenvalue weighted by molar-refractivity contribution is 5.96. The van der Waals surface area contributed by atoms with Crippen LogP contribution in [0.4, 0.5) is 0 Å². The van der Waals surface area contributed by atoms with Gasteiger partial charge in [0.25, 0.3) is 5.91 Å². The van der Waals surface area contributed by atoms with E-state index in [2.05, 4.69) is 5.32 Å². The number of hydrogen-bond acceptors (Lipinski definition) is 18. The van der Waals surface area contributed by atoms with E-state index in [9.17, 15) is 43.5 Å². The Kier molecular flexibility index (Phi) is 15.5. The lowest BCUT2D eigenvalue weighted by atomic mass is 9.44. The third kappa shape index (κ3) is 9.72. The average Bonchev–Trinajstić information content (AvgIpc) is 3.34. The molecule has 1 aliphatic heterocycles. The molecule has 1 heterocycles. The number of esters is 5. The number of hydrogen-bond donors (Lipinski definition) is 2. The van der Waals surface area contributed by atoms with Gasteiger partial charge in [-0.3, -0.25) is 28.8 Å². The third-order valence-corrected chi connectivity index (χ3v) is 14.5. The lowest BCUT2D eigenvalue weighted by molar-refractivity contribution is -0.354. The summed E-state index contributed by atoms with van der Waals surface area (Å²) in [6.45, 7) is 8.11. The maximum atomic E-state index is 16.2. The van der Waals surface area contributed by atoms with Crippen LogP contribution in [0.2, 0.25) is 0 Å². The van der Waals surface area contributed by atoms with Gasteiger partial charge in [0.2, 0.25) is 12.4 Å². The molecule has 0 radical (unpaired) electrons. The Balaban J connectivity index is 1.46. The lowest BCUT2D eigenvalue weighted by Crippen LogP contribution is -2.82. The zero-order valence-corrected chi connectivity index (χ0v) is 40.7. The summed E-state index contributed by atoms with van der Waals surface area (Å²) in [7, 11) is 0. The second-order valence-electron chi connectivity index (χ2n) is 19.1. The smallest absolute Gasteiger partial charge is 0.350 e. The lowest BCUT2D eigenvalue weighted by Gasteiger charge is -2.67. The van der Waals surface area contributed by atoms with Gasteiger partial charge >= 0.3 is 29.8 Å². The van der Waals surface area contributed by atoms with Crippen molar-refractivity contribution in [2.45, 2.75) is 121 Å². The number of ketones is 1. The molecule has 2 bridgehead atoms. The fourth-order valence-electron chi connectivity index (χ4n) is 11.0. The minimum atomic E-state index is -2.53. The van der Waals surface area contributed by atoms with Crippen molar-refractivity contribution in [1.29, 1.82) is 0 Å². The van der Waals surface area contributed by atoms with Gasteiger partial charge in [-0.25, -0.2) is 9.59 Å². The molecule has 1 unspecified atom stereocenters. The van der Waals surface area contributed by atoms with E-state index in [4.69, 9.17) is 37.9 Å². The molecule has 3 fully saturated rings. The summed E-state index contributed by atoms with van der Waals surface area (Å²) in [6.07, 6.45) is -12.2. The van der Waals surface area contributed by atoms with Gasteiger partial charge in [-0.2, -0.15) is 0 Å². The van der Waals surface area contributed by atoms with Crippen molar-refractivity contribution in [1.82, 2.24) is 5.32 Å². The van der Waals surface area contributed by atoms with Crippen molar-refractivity contribution in [3.63, 3.8) is 0 Å². The van der Waals surface area contributed by atoms with Crippen molar-refractivity contribution in [3.05, 3.63) is 119 Å². The summed E-state index contributed by atoms with van der Waals surface area (Å²) in [5.74, 6) is -8.26. The van der Waals surface area contributed by atoms with Crippen LogP contribution < -0.4 is 5.32 Å². The zero-order valence-electron chi connectivity index (χ0n) is 40.7. The van der Waals surface area contributed by atoms with Crippen molar-refractivity contribution >= 4 is 54.1 Å². The standard InChI is InChI=1S/C53H57NO18/c1-29-36(69-49(63)43(68-31(3)58)41(33-17-11-8-12-18-33)54-47(61)34-19-13-9-14-20-34)26-53(64)46(71-48(62)35-21-15-10-16-22-35)44-51(7,45(60)42(67-30(2)57)40(29)50(53,5)6)37(70-39(27-56)65-24-23-55)25-38-52(44,28-66-38)72-32(4)59/h8-23,27,36-39,41-44,46,64H,24-26,28H2,1-7H3,(H,54,61)/t36-,37-,38+,39?,41-,42+,43+,44-,46-,51+,52-,53+/m0/s1. The van der Waals surface area contributed by atoms with Crippen LogP contribution in [0.25, 0.3) is 0 Å². The van der Waals surface area contributed by atoms with Gasteiger partial charge in [-0.1, -0.05) is 80.6 Å². The fraction of sp³-hybridized carbons (Fsp3) is 0.453. The van der Waals surface area contributed by atoms with E-state index in [0.29, 0.717) is 11.8 Å². The van der Waals surface area contributed by atoms with Crippen LogP contribution in [0.3, 0.4) is 0 Å². The second kappa shape index (κ2) is 21.0. The van der Waals surface area contributed by atoms with Crippen molar-refractivity contribution in [2.24, 2.45) is 16.7 Å². The van der Waals surface area contributed by atoms with Crippen molar-refractivity contribution < 1.29 is 86.2 Å². The molecule has 382 valence electrons. The maximum Gasteiger partial charge on any atom is 0.350 e. The quantitative estimate of drug-likeness (QED) is 0.0635. The first-order valence-corrected chi connectivity index (χ1v) is 23.3. The molecule has 0 spiro atoms. The SMILES string of the molecule is CC(=O)O[C@H]1C(=O)[C@]2(C)[C@@H](OC(C=O)OCC=O)C[C@H]3OC[C@@]3(OC(C)=O)[C@H]2[C@H](OC(=O)c2ccccc2)[C@]2(O)C[C@H](OC(=O)[C@H](OC(C)=O)[C@@H](NC(=O)c3ccccc3)c3ccccc3)C(C)=C1C2(C)C. The van der Waals surface area contributed by atoms with Gasteiger partial charge in [-0.15, -0.1) is 0 Å². The Morgan fingerprint density at radius 2 is 1.43 bits per heavy atom. The molecule has 7 rings (SSSR count). The van der Waals surface area contributed by atoms with Crippen LogP contribution in [-0.2, 0) is 71.5 Å². The molecule has 72 heavy (non-hydrogen) atoms. The Hall–Kier alpha value is -6.93. The minimum Gasteiger partial charge on any atom is -0.455 e. The third-order valence-electron chi connectivity index (χ3n) is 14.5. The van der Waals surface area contributed by atoms with Gasteiger partial charge in [0.05, 0.1) is 29.6 Å². The molecule has 3 aromatic rings. The van der Waals surface area contributed by atoms with E-state index in [0.717, 1.165) is 20.8 Å². The monoisotopic (exact) mass is 995 g/mol. The predicted octanol–water partition coefficient (Wildman–Crippen LogP) is 4.07. The van der Waals surface area contributed by atoms with E-state index in [1.165, 1.54) is 39.8 Å². The number of nitrogens with one attached hydrogen (secondary N) is 1. The number of fused-ring (bicyclic) bond motifs is 5. The van der Waals surface area contributed by atoms with Crippen LogP contribution in [0.1, 0.15) is 93.6 Å². The minimum absolute atomic E-state index is 0.00100. The fourth-order valence-corrected chi connectivity index (χ4v) is 11.0. The van der Waals surface area contributed by atoms with E-state index >= 15 is 4.79 Å². The van der Waals surface area contributed by atoms with Crippen LogP contribution >= 0.6 is 0 Å². The molecule has 12 atom stereocenters. The molecule has 3 aliphatic carbocycles. The van der Waals surface area contributed by atoms with Gasteiger partial charge in [-0.05, 0) is 54.8 Å². The molecule has 19 nitrogen and oxygen atoms in total. The highest BCUT2D eigenvalue weighted by atomic mass is 16.7. The number of benzene rings is 3. The van der Waals surface area contributed by atoms with E-state index in [1.54, 1.807) is 78.9 Å². The summed E-state index contributed by atoms with van der Waals surface area (Å²) in [5.41, 5.74) is -7.89. The van der Waals surface area contributed by atoms with Crippen molar-refractivity contribution in [2.75, 3.05) is 13.2 Å². The molecule has 2 N–H and O–H groups in total. The molecule has 3 aromatic carbocycles. The molecule has 1 amide bonds.